The summed E-state index contributed by atoms with van der Waals surface area (Å²) in [7, 11) is 0. The van der Waals surface area contributed by atoms with Crippen molar-refractivity contribution < 1.29 is 0 Å². The zero-order chi connectivity index (χ0) is 21.0. The number of anilines is 2. The summed E-state index contributed by atoms with van der Waals surface area (Å²) >= 11 is 0. The van der Waals surface area contributed by atoms with Crippen LogP contribution in [-0.2, 0) is 13.1 Å². The van der Waals surface area contributed by atoms with E-state index in [1.54, 1.807) is 0 Å². The molecule has 31 heavy (non-hydrogen) atoms. The smallest absolute Gasteiger partial charge is 0.134 e. The number of fused-ring (bicyclic) bond motifs is 2. The molecule has 0 amide bonds. The van der Waals surface area contributed by atoms with Gasteiger partial charge in [-0.2, -0.15) is 0 Å². The Hall–Kier alpha value is -3.92. The zero-order valence-corrected chi connectivity index (χ0v) is 17.5. The maximum absolute atomic E-state index is 4.54. The molecule has 0 aliphatic carbocycles. The highest BCUT2D eigenvalue weighted by Gasteiger charge is 2.04. The molecule has 0 aliphatic heterocycles. The minimum absolute atomic E-state index is 0.735. The fraction of sp³-hybridized carbons (Fsp3) is 0.111. The molecule has 0 radical (unpaired) electrons. The van der Waals surface area contributed by atoms with Crippen molar-refractivity contribution in [2.24, 2.45) is 0 Å². The maximum Gasteiger partial charge on any atom is 0.134 e. The summed E-state index contributed by atoms with van der Waals surface area (Å²) in [4.78, 5) is 9.05. The molecule has 3 aromatic carbocycles. The van der Waals surface area contributed by atoms with Crippen LogP contribution >= 0.6 is 0 Å². The van der Waals surface area contributed by atoms with E-state index in [4.69, 9.17) is 0 Å². The largest absolute Gasteiger partial charge is 0.365 e. The third-order valence-corrected chi connectivity index (χ3v) is 5.54. The monoisotopic (exact) mass is 404 g/mol. The van der Waals surface area contributed by atoms with Crippen LogP contribution in [-0.4, -0.2) is 9.97 Å². The fourth-order valence-electron chi connectivity index (χ4n) is 3.83. The van der Waals surface area contributed by atoms with E-state index in [2.05, 4.69) is 82.1 Å². The quantitative estimate of drug-likeness (QED) is 0.348. The molecule has 0 saturated heterocycles. The van der Waals surface area contributed by atoms with Gasteiger partial charge in [-0.3, -0.25) is 0 Å². The highest BCUT2D eigenvalue weighted by atomic mass is 15.0. The van der Waals surface area contributed by atoms with Gasteiger partial charge in [-0.15, -0.1) is 0 Å². The average molecular weight is 405 g/mol. The number of pyridine rings is 2. The molecule has 0 saturated carbocycles. The second-order valence-corrected chi connectivity index (χ2v) is 7.79. The summed E-state index contributed by atoms with van der Waals surface area (Å²) in [6, 6.07) is 27.5. The van der Waals surface area contributed by atoms with E-state index in [0.717, 1.165) is 35.5 Å². The molecule has 0 bridgehead atoms. The van der Waals surface area contributed by atoms with Crippen LogP contribution in [0.5, 0.6) is 0 Å². The fourth-order valence-corrected chi connectivity index (χ4v) is 3.83. The minimum Gasteiger partial charge on any atom is -0.365 e. The second-order valence-electron chi connectivity index (χ2n) is 7.79. The van der Waals surface area contributed by atoms with Gasteiger partial charge in [-0.25, -0.2) is 9.97 Å². The van der Waals surface area contributed by atoms with Crippen LogP contribution in [0.4, 0.5) is 11.6 Å². The molecule has 0 spiro atoms. The van der Waals surface area contributed by atoms with Gasteiger partial charge in [-0.05, 0) is 47.0 Å². The Morgan fingerprint density at radius 2 is 1.19 bits per heavy atom. The molecule has 2 aromatic heterocycles. The van der Waals surface area contributed by atoms with Crippen molar-refractivity contribution in [2.75, 3.05) is 10.6 Å². The predicted octanol–water partition coefficient (Wildman–Crippen LogP) is 6.32. The number of hydrogen-bond donors (Lipinski definition) is 2. The summed E-state index contributed by atoms with van der Waals surface area (Å²) in [5, 5.41) is 11.7. The van der Waals surface area contributed by atoms with Gasteiger partial charge in [0.1, 0.15) is 11.6 Å². The van der Waals surface area contributed by atoms with Gasteiger partial charge in [0.25, 0.3) is 0 Å². The van der Waals surface area contributed by atoms with Crippen molar-refractivity contribution in [3.63, 3.8) is 0 Å². The number of nitrogens with zero attached hydrogens (tertiary/aromatic N) is 2. The van der Waals surface area contributed by atoms with Crippen molar-refractivity contribution >= 4 is 33.2 Å². The first-order valence-electron chi connectivity index (χ1n) is 10.5. The molecular formula is C27H24N4. The first kappa shape index (κ1) is 19.1. The number of rotatable bonds is 6. The van der Waals surface area contributed by atoms with E-state index in [9.17, 15) is 0 Å². The first-order valence-corrected chi connectivity index (χ1v) is 10.5. The third-order valence-electron chi connectivity index (χ3n) is 5.54. The summed E-state index contributed by atoms with van der Waals surface area (Å²) < 4.78 is 0. The van der Waals surface area contributed by atoms with Crippen molar-refractivity contribution in [3.05, 3.63) is 108 Å². The normalized spacial score (nSPS) is 11.0. The number of aromatic nitrogens is 2. The summed E-state index contributed by atoms with van der Waals surface area (Å²) in [6.45, 7) is 3.58. The van der Waals surface area contributed by atoms with Gasteiger partial charge in [-0.1, -0.05) is 66.2 Å². The minimum atomic E-state index is 0.735. The van der Waals surface area contributed by atoms with Gasteiger partial charge in [0.2, 0.25) is 0 Å². The van der Waals surface area contributed by atoms with Crippen LogP contribution in [0.1, 0.15) is 16.7 Å². The lowest BCUT2D eigenvalue weighted by atomic mass is 10.1. The highest BCUT2D eigenvalue weighted by molar-refractivity contribution is 5.92. The molecule has 0 fully saturated rings. The molecule has 152 valence electrons. The van der Waals surface area contributed by atoms with Crippen LogP contribution in [0, 0.1) is 6.92 Å². The van der Waals surface area contributed by atoms with Gasteiger partial charge in [0.05, 0.1) is 0 Å². The number of hydrogen-bond acceptors (Lipinski definition) is 4. The summed E-state index contributed by atoms with van der Waals surface area (Å²) in [6.07, 6.45) is 3.71. The average Bonchev–Trinajstić information content (AvgIpc) is 2.82. The molecule has 0 unspecified atom stereocenters. The van der Waals surface area contributed by atoms with Gasteiger partial charge in [0, 0.05) is 36.3 Å². The SMILES string of the molecule is Cc1ccc2ccnc(NCc3ccc(CNc4nccc5ccccc45)cc3)c2c1. The number of benzene rings is 3. The standard InChI is InChI=1S/C27H24N4/c1-19-6-11-23-13-15-29-27(25(23)16-19)31-18-21-9-7-20(8-10-21)17-30-26-24-5-3-2-4-22(24)12-14-28-26/h2-16H,17-18H2,1H3,(H,28,30)(H,29,31). The summed E-state index contributed by atoms with van der Waals surface area (Å²) in [5.74, 6) is 1.84. The molecule has 0 atom stereocenters. The lowest BCUT2D eigenvalue weighted by Crippen LogP contribution is -2.04. The predicted molar refractivity (Wildman–Crippen MR) is 129 cm³/mol. The molecule has 2 heterocycles. The van der Waals surface area contributed by atoms with Gasteiger partial charge < -0.3 is 10.6 Å². The molecule has 2 N–H and O–H groups in total. The van der Waals surface area contributed by atoms with Crippen LogP contribution in [0.15, 0.2) is 91.3 Å². The number of nitrogens with one attached hydrogen (secondary N) is 2. The second kappa shape index (κ2) is 8.44. The van der Waals surface area contributed by atoms with Crippen LogP contribution in [0.3, 0.4) is 0 Å². The molecule has 5 rings (SSSR count). The topological polar surface area (TPSA) is 49.8 Å². The maximum atomic E-state index is 4.54. The van der Waals surface area contributed by atoms with Crippen molar-refractivity contribution in [3.8, 4) is 0 Å². The Labute approximate surface area is 182 Å². The molecule has 4 nitrogen and oxygen atoms in total. The van der Waals surface area contributed by atoms with E-state index in [1.165, 1.54) is 27.5 Å². The van der Waals surface area contributed by atoms with Gasteiger partial charge >= 0.3 is 0 Å². The summed E-state index contributed by atoms with van der Waals surface area (Å²) in [5.41, 5.74) is 3.68. The lowest BCUT2D eigenvalue weighted by Gasteiger charge is -2.11. The molecule has 5 aromatic rings. The van der Waals surface area contributed by atoms with E-state index in [-0.39, 0.29) is 0 Å². The van der Waals surface area contributed by atoms with Crippen molar-refractivity contribution in [2.45, 2.75) is 20.0 Å². The third kappa shape index (κ3) is 4.19. The van der Waals surface area contributed by atoms with Crippen molar-refractivity contribution in [1.82, 2.24) is 9.97 Å². The number of aryl methyl sites for hydroxylation is 1. The molecular weight excluding hydrogens is 380 g/mol. The van der Waals surface area contributed by atoms with Crippen LogP contribution < -0.4 is 10.6 Å². The highest BCUT2D eigenvalue weighted by Crippen LogP contribution is 2.23. The Balaban J connectivity index is 1.25. The van der Waals surface area contributed by atoms with E-state index < -0.39 is 0 Å². The Morgan fingerprint density at radius 1 is 0.613 bits per heavy atom. The Morgan fingerprint density at radius 3 is 1.87 bits per heavy atom. The molecule has 4 heteroatoms. The van der Waals surface area contributed by atoms with E-state index >= 15 is 0 Å². The van der Waals surface area contributed by atoms with E-state index in [0.29, 0.717) is 0 Å². The van der Waals surface area contributed by atoms with Gasteiger partial charge in [0.15, 0.2) is 0 Å². The zero-order valence-electron chi connectivity index (χ0n) is 17.5. The van der Waals surface area contributed by atoms with E-state index in [1.807, 2.05) is 36.7 Å². The Bertz CT molecular complexity index is 1340. The molecule has 0 aliphatic rings. The van der Waals surface area contributed by atoms with Crippen molar-refractivity contribution in [1.29, 1.82) is 0 Å². The Kier molecular flexibility index (Phi) is 5.19. The first-order chi connectivity index (χ1) is 15.3. The van der Waals surface area contributed by atoms with Crippen LogP contribution in [0.2, 0.25) is 0 Å². The van der Waals surface area contributed by atoms with Crippen LogP contribution in [0.25, 0.3) is 21.5 Å². The lowest BCUT2D eigenvalue weighted by molar-refractivity contribution is 1.09.